The Morgan fingerprint density at radius 1 is 1.02 bits per heavy atom. The molecule has 51 heavy (non-hydrogen) atoms. The number of nitrogens with two attached hydrogens (primary N) is 2. The van der Waals surface area contributed by atoms with Crippen LogP contribution in [0.25, 0.3) is 17.2 Å². The number of aromatic carboxylic acids is 1. The van der Waals surface area contributed by atoms with Crippen LogP contribution < -0.4 is 38.3 Å². The van der Waals surface area contributed by atoms with Crippen molar-refractivity contribution in [2.24, 2.45) is 5.73 Å². The van der Waals surface area contributed by atoms with Crippen LogP contribution in [0.2, 0.25) is 0 Å². The third-order valence-electron chi connectivity index (χ3n) is 8.88. The Morgan fingerprint density at radius 3 is 2.53 bits per heavy atom. The van der Waals surface area contributed by atoms with Gasteiger partial charge in [-0.3, -0.25) is 28.3 Å². The van der Waals surface area contributed by atoms with Crippen LogP contribution in [0.4, 0.5) is 11.4 Å². The van der Waals surface area contributed by atoms with Crippen molar-refractivity contribution in [3.8, 4) is 17.3 Å². The van der Waals surface area contributed by atoms with Gasteiger partial charge in [-0.1, -0.05) is 35.5 Å². The molecule has 18 heteroatoms. The van der Waals surface area contributed by atoms with Crippen LogP contribution in [0.5, 0.6) is 5.88 Å². The molecule has 1 aliphatic heterocycles. The molecule has 0 saturated heterocycles. The number of nitrogens with zero attached hydrogens (tertiary/aromatic N) is 5. The predicted octanol–water partition coefficient (Wildman–Crippen LogP) is 1.20. The van der Waals surface area contributed by atoms with Gasteiger partial charge < -0.3 is 31.9 Å². The number of aromatic nitrogens is 5. The number of aromatic hydroxyl groups is 1. The van der Waals surface area contributed by atoms with Crippen LogP contribution in [0.3, 0.4) is 0 Å². The monoisotopic (exact) mass is 715 g/mol. The number of aryl methyl sites for hydroxylation is 1. The number of amides is 1. The maximum atomic E-state index is 12.8. The molecule has 17 nitrogen and oxygen atoms in total. The molecule has 0 saturated carbocycles. The summed E-state index contributed by atoms with van der Waals surface area (Å²) in [5, 5.41) is 25.5. The molecular formula is C33H30ClN9O8. The zero-order valence-electron chi connectivity index (χ0n) is 26.6. The smallest absolute Gasteiger partial charge is 0.439 e. The molecule has 262 valence electrons. The number of carbonyl (C=O) groups is 2. The Bertz CT molecular complexity index is 2460. The minimum absolute atomic E-state index is 0. The van der Waals surface area contributed by atoms with Gasteiger partial charge in [-0.05, 0) is 53.1 Å². The number of rotatable bonds is 6. The molecule has 0 spiro atoms. The number of imidazole rings is 1. The average Bonchev–Trinajstić information content (AvgIpc) is 3.84. The number of anilines is 2. The molecular weight excluding hydrogens is 686 g/mol. The quantitative estimate of drug-likeness (QED) is 0.132. The minimum Gasteiger partial charge on any atom is -0.492 e. The highest BCUT2D eigenvalue weighted by Gasteiger charge is 2.28. The summed E-state index contributed by atoms with van der Waals surface area (Å²) in [7, 11) is 0. The van der Waals surface area contributed by atoms with Gasteiger partial charge in [0.05, 0.1) is 12.2 Å². The average molecular weight is 716 g/mol. The number of carbonyl (C=O) groups excluding carboxylic acids is 1. The molecule has 1 amide bonds. The molecule has 3 aromatic heterocycles. The third kappa shape index (κ3) is 6.42. The molecule has 4 heterocycles. The second kappa shape index (κ2) is 13.5. The molecule has 0 bridgehead atoms. The summed E-state index contributed by atoms with van der Waals surface area (Å²) in [6, 6.07) is 12.5. The van der Waals surface area contributed by atoms with Crippen molar-refractivity contribution in [2.75, 3.05) is 17.2 Å². The minimum atomic E-state index is -1.29. The first kappa shape index (κ1) is 34.5. The number of hydrogen-bond donors (Lipinski definition) is 6. The summed E-state index contributed by atoms with van der Waals surface area (Å²) < 4.78 is 5.62. The number of hydrogen-bond acceptors (Lipinski definition) is 13. The number of carboxylic acids is 1. The second-order valence-corrected chi connectivity index (χ2v) is 11.9. The number of carboxylic acid groups (broad SMARTS) is 1. The van der Waals surface area contributed by atoms with Gasteiger partial charge in [-0.2, -0.15) is 4.98 Å². The summed E-state index contributed by atoms with van der Waals surface area (Å²) in [6.07, 6.45) is 3.29. The molecule has 8 N–H and O–H groups in total. The second-order valence-electron chi connectivity index (χ2n) is 11.9. The molecule has 0 unspecified atom stereocenters. The van der Waals surface area contributed by atoms with Crippen molar-refractivity contribution in [1.82, 2.24) is 29.8 Å². The van der Waals surface area contributed by atoms with Crippen molar-refractivity contribution >= 4 is 41.4 Å². The summed E-state index contributed by atoms with van der Waals surface area (Å²) in [5.41, 5.74) is 16.4. The number of benzene rings is 2. The van der Waals surface area contributed by atoms with Crippen molar-refractivity contribution in [1.29, 1.82) is 0 Å². The van der Waals surface area contributed by atoms with Crippen LogP contribution in [-0.4, -0.2) is 53.1 Å². The van der Waals surface area contributed by atoms with Crippen molar-refractivity contribution in [3.63, 3.8) is 0 Å². The number of H-pyrrole nitrogens is 1. The van der Waals surface area contributed by atoms with Gasteiger partial charge in [0.1, 0.15) is 22.8 Å². The molecule has 6 aromatic rings. The van der Waals surface area contributed by atoms with Crippen LogP contribution in [0.1, 0.15) is 61.3 Å². The first-order valence-electron chi connectivity index (χ1n) is 15.5. The lowest BCUT2D eigenvalue weighted by molar-refractivity contribution is 0.0688. The van der Waals surface area contributed by atoms with Gasteiger partial charge in [0.15, 0.2) is 5.82 Å². The van der Waals surface area contributed by atoms with Gasteiger partial charge in [0.2, 0.25) is 11.7 Å². The van der Waals surface area contributed by atoms with E-state index in [4.69, 9.17) is 11.5 Å². The van der Waals surface area contributed by atoms with Crippen LogP contribution in [0, 0.1) is 0 Å². The zero-order chi connectivity index (χ0) is 35.3. The lowest BCUT2D eigenvalue weighted by Crippen LogP contribution is -2.44. The largest absolute Gasteiger partial charge is 0.492 e. The molecule has 0 fully saturated rings. The normalized spacial score (nSPS) is 14.7. The van der Waals surface area contributed by atoms with E-state index >= 15 is 0 Å². The van der Waals surface area contributed by atoms with Gasteiger partial charge in [0, 0.05) is 31.3 Å². The highest BCUT2D eigenvalue weighted by atomic mass is 35.5. The SMILES string of the molecule is Cl.NCc1ccc2c(c1)CN(c1c(N)c(=O)c1=O)CC2.O=C(N[C@H]1CCc2cc(-c3noc(=O)[nH]3)ccc21)c1cc(C(=O)O)n2cc(O)nc2n1. The fourth-order valence-electron chi connectivity index (χ4n) is 6.38. The Kier molecular flexibility index (Phi) is 9.16. The van der Waals surface area contributed by atoms with E-state index in [1.54, 1.807) is 6.07 Å². The Balaban J connectivity index is 0.000000192. The van der Waals surface area contributed by atoms with Crippen LogP contribution in [-0.2, 0) is 25.9 Å². The fourth-order valence-corrected chi connectivity index (χ4v) is 6.38. The number of aromatic amines is 1. The Labute approximate surface area is 292 Å². The lowest BCUT2D eigenvalue weighted by atomic mass is 9.96. The van der Waals surface area contributed by atoms with E-state index in [1.807, 2.05) is 23.1 Å². The van der Waals surface area contributed by atoms with E-state index in [9.17, 15) is 34.2 Å². The highest BCUT2D eigenvalue weighted by molar-refractivity contribution is 5.96. The third-order valence-corrected chi connectivity index (χ3v) is 8.88. The number of nitrogens with one attached hydrogen (secondary N) is 2. The summed E-state index contributed by atoms with van der Waals surface area (Å²) in [5.74, 6) is -2.67. The molecule has 8 rings (SSSR count). The first-order valence-corrected chi connectivity index (χ1v) is 15.5. The van der Waals surface area contributed by atoms with Gasteiger partial charge in [-0.25, -0.2) is 14.6 Å². The Hall–Kier alpha value is -6.33. The first-order chi connectivity index (χ1) is 24.0. The van der Waals surface area contributed by atoms with E-state index in [0.717, 1.165) is 45.3 Å². The topological polar surface area (TPSA) is 265 Å². The zero-order valence-corrected chi connectivity index (χ0v) is 27.4. The highest BCUT2D eigenvalue weighted by Crippen LogP contribution is 2.34. The van der Waals surface area contributed by atoms with E-state index < -0.39 is 34.4 Å². The van der Waals surface area contributed by atoms with Crippen LogP contribution in [0.15, 0.2) is 67.6 Å². The fraction of sp³-hybridized carbons (Fsp3) is 0.212. The van der Waals surface area contributed by atoms with Crippen molar-refractivity contribution in [3.05, 3.63) is 119 Å². The van der Waals surface area contributed by atoms with E-state index in [1.165, 1.54) is 5.56 Å². The summed E-state index contributed by atoms with van der Waals surface area (Å²) >= 11 is 0. The maximum absolute atomic E-state index is 12.8. The number of halogens is 1. The standard InChI is InChI=1S/C19H14N6O6.C14H15N3O2.ClH/c26-14-7-25-13(17(28)29)6-12(21-18(25)22-14)16(27)20-11-4-2-8-5-9(1-3-10(8)11)15-23-19(30)31-24-15;15-6-8-1-2-9-3-4-17(7-10(9)5-8)12-11(16)13(18)14(12)19;/h1,3,5-7,11,26H,2,4H2,(H,20,27)(H,28,29)(H,23,24,30);1-2,5H,3-4,6-7,15-16H2;1H/t11-;;/m0../s1. The molecule has 1 atom stereocenters. The van der Waals surface area contributed by atoms with Crippen molar-refractivity contribution in [2.45, 2.75) is 38.4 Å². The van der Waals surface area contributed by atoms with Gasteiger partial charge in [-0.15, -0.1) is 12.4 Å². The molecule has 0 radical (unpaired) electrons. The predicted molar refractivity (Wildman–Crippen MR) is 185 cm³/mol. The molecule has 2 aliphatic rings. The van der Waals surface area contributed by atoms with Gasteiger partial charge in [0.25, 0.3) is 16.8 Å². The van der Waals surface area contributed by atoms with E-state index in [-0.39, 0.29) is 41.3 Å². The van der Waals surface area contributed by atoms with Gasteiger partial charge >= 0.3 is 11.7 Å². The maximum Gasteiger partial charge on any atom is 0.439 e. The van der Waals surface area contributed by atoms with Crippen molar-refractivity contribution < 1.29 is 24.3 Å². The number of nitrogen functional groups attached to an aromatic ring is 1. The summed E-state index contributed by atoms with van der Waals surface area (Å²) in [6.45, 7) is 1.82. The van der Waals surface area contributed by atoms with E-state index in [0.29, 0.717) is 49.6 Å². The summed E-state index contributed by atoms with van der Waals surface area (Å²) in [4.78, 5) is 70.4. The number of fused-ring (bicyclic) bond motifs is 3. The molecule has 1 aliphatic carbocycles. The molecule has 3 aromatic carbocycles. The Morgan fingerprint density at radius 2 is 1.82 bits per heavy atom. The van der Waals surface area contributed by atoms with Crippen LogP contribution >= 0.6 is 12.4 Å². The lowest BCUT2D eigenvalue weighted by Gasteiger charge is -2.31. The van der Waals surface area contributed by atoms with E-state index in [2.05, 4.69) is 42.1 Å².